The molecular formula is C53H60F8N10O8S. The third-order valence-corrected chi connectivity index (χ3v) is 16.1. The number of aliphatic hydroxyl groups is 1. The topological polar surface area (TPSA) is 213 Å². The van der Waals surface area contributed by atoms with Crippen molar-refractivity contribution < 1.29 is 73.6 Å². The number of pyridine rings is 1. The van der Waals surface area contributed by atoms with E-state index < -0.39 is 108 Å². The van der Waals surface area contributed by atoms with Gasteiger partial charge in [0.2, 0.25) is 5.91 Å². The molecule has 6 atom stereocenters. The van der Waals surface area contributed by atoms with Crippen molar-refractivity contribution in [3.63, 3.8) is 0 Å². The third-order valence-electron chi connectivity index (χ3n) is 15.0. The molecule has 18 nitrogen and oxygen atoms in total. The van der Waals surface area contributed by atoms with Gasteiger partial charge >= 0.3 is 24.5 Å². The summed E-state index contributed by atoms with van der Waals surface area (Å²) in [5.41, 5.74) is -3.45. The summed E-state index contributed by atoms with van der Waals surface area (Å²) in [6, 6.07) is 8.91. The van der Waals surface area contributed by atoms with Gasteiger partial charge in [-0.05, 0) is 95.3 Å². The van der Waals surface area contributed by atoms with Crippen molar-refractivity contribution in [3.05, 3.63) is 93.6 Å². The first kappa shape index (κ1) is 59.4. The van der Waals surface area contributed by atoms with E-state index in [0.29, 0.717) is 72.5 Å². The monoisotopic (exact) mass is 1150 g/mol. The molecule has 4 fully saturated rings. The molecule has 432 valence electrons. The number of carbonyl (C=O) groups is 4. The molecule has 2 aromatic heterocycles. The predicted octanol–water partition coefficient (Wildman–Crippen LogP) is 6.37. The highest BCUT2D eigenvalue weighted by Crippen LogP contribution is 2.44. The number of hydrazine groups is 1. The van der Waals surface area contributed by atoms with Crippen molar-refractivity contribution in [2.45, 2.75) is 121 Å². The molecular weight excluding hydrogens is 1090 g/mol. The van der Waals surface area contributed by atoms with Gasteiger partial charge in [0.1, 0.15) is 38.9 Å². The highest BCUT2D eigenvalue weighted by atomic mass is 32.1. The smallest absolute Gasteiger partial charge is 0.407 e. The van der Waals surface area contributed by atoms with E-state index in [-0.39, 0.29) is 16.5 Å². The van der Waals surface area contributed by atoms with E-state index in [1.807, 2.05) is 22.8 Å². The summed E-state index contributed by atoms with van der Waals surface area (Å²) in [6.07, 6.45) is -14.0. The van der Waals surface area contributed by atoms with Crippen molar-refractivity contribution in [1.29, 1.82) is 0 Å². The number of halogens is 8. The second kappa shape index (κ2) is 23.8. The van der Waals surface area contributed by atoms with E-state index in [4.69, 9.17) is 9.47 Å². The minimum atomic E-state index is -5.22. The maximum Gasteiger partial charge on any atom is 0.407 e. The Balaban J connectivity index is 1.07. The standard InChI is InChI=1S/C53H60F8N10O8S/c1-50(2,52(56,57)58)42(65-49(76)77-6)44(73)64-39(17-29-10-7-28(8-11-29)9-12-30-13-16-41(63-21-30)71-23-33-20-34(71)22-70(33)35-26-78-27-35)40(72)25-69(68-45(74)43(79-48(75)62-5)51(3,4)53(59,60)61)24-36-37(54)18-32(19-38(36)55)47-67-66-46(80-47)31-14-15-31/h7-8,10-11,13,16,18-19,21,31,33-35,39-40,42-43,72H,14-15,17,20,22-27H2,1-6H3,(H,62,75)(H,64,73)(H,65,76)(H,68,74)/t33-,34-,39+,40+,42-,43-/m1/s1. The largest absolute Gasteiger partial charge is 0.453 e. The fourth-order valence-corrected chi connectivity index (χ4v) is 10.5. The fourth-order valence-electron chi connectivity index (χ4n) is 9.53. The van der Waals surface area contributed by atoms with E-state index in [1.54, 1.807) is 18.3 Å². The summed E-state index contributed by atoms with van der Waals surface area (Å²) in [6.45, 7) is 3.59. The lowest BCUT2D eigenvalue weighted by Crippen LogP contribution is -2.62. The van der Waals surface area contributed by atoms with Gasteiger partial charge in [-0.25, -0.2) is 28.4 Å². The van der Waals surface area contributed by atoms with Gasteiger partial charge in [0.05, 0.1) is 43.9 Å². The van der Waals surface area contributed by atoms with Crippen molar-refractivity contribution >= 4 is 41.2 Å². The molecule has 3 aliphatic heterocycles. The number of hydrogen-bond acceptors (Lipinski definition) is 15. The minimum Gasteiger partial charge on any atom is -0.453 e. The number of aromatic nitrogens is 3. The highest BCUT2D eigenvalue weighted by Gasteiger charge is 2.58. The maximum atomic E-state index is 16.2. The number of aliphatic hydroxyl groups excluding tert-OH is 1. The number of hydrogen-bond donors (Lipinski definition) is 5. The van der Waals surface area contributed by atoms with Gasteiger partial charge in [0, 0.05) is 79.7 Å². The van der Waals surface area contributed by atoms with Crippen LogP contribution in [0.5, 0.6) is 0 Å². The van der Waals surface area contributed by atoms with E-state index in [1.165, 1.54) is 12.1 Å². The molecule has 0 radical (unpaired) electrons. The van der Waals surface area contributed by atoms with Gasteiger partial charge in [0.15, 0.2) is 6.10 Å². The number of benzene rings is 2. The van der Waals surface area contributed by atoms with Gasteiger partial charge in [-0.1, -0.05) is 35.3 Å². The second-order valence-corrected chi connectivity index (χ2v) is 22.4. The first-order valence-electron chi connectivity index (χ1n) is 25.6. The summed E-state index contributed by atoms with van der Waals surface area (Å²) in [7, 11) is 1.86. The highest BCUT2D eigenvalue weighted by molar-refractivity contribution is 7.14. The van der Waals surface area contributed by atoms with Gasteiger partial charge in [-0.2, -0.15) is 26.3 Å². The fraction of sp³-hybridized carbons (Fsp3) is 0.528. The van der Waals surface area contributed by atoms with Crippen LogP contribution in [-0.4, -0.2) is 156 Å². The zero-order valence-electron chi connectivity index (χ0n) is 44.3. The summed E-state index contributed by atoms with van der Waals surface area (Å²) < 4.78 is 135. The lowest BCUT2D eigenvalue weighted by atomic mass is 9.82. The zero-order chi connectivity index (χ0) is 58.1. The number of methoxy groups -OCH3 is 1. The van der Waals surface area contributed by atoms with Crippen LogP contribution in [0, 0.1) is 34.3 Å². The van der Waals surface area contributed by atoms with E-state index >= 15 is 8.78 Å². The molecule has 4 aromatic rings. The molecule has 4 aliphatic rings. The van der Waals surface area contributed by atoms with Gasteiger partial charge in [-0.3, -0.25) is 19.9 Å². The Labute approximate surface area is 459 Å². The van der Waals surface area contributed by atoms with Crippen molar-refractivity contribution in [2.24, 2.45) is 10.8 Å². The molecule has 1 aliphatic carbocycles. The minimum absolute atomic E-state index is 0.0196. The molecule has 4 amide bonds. The Kier molecular flexibility index (Phi) is 17.6. The van der Waals surface area contributed by atoms with Crippen LogP contribution >= 0.6 is 11.3 Å². The van der Waals surface area contributed by atoms with E-state index in [2.05, 4.69) is 52.3 Å². The Hall–Kier alpha value is -6.73. The number of alkyl carbamates (subject to hydrolysis) is 2. The van der Waals surface area contributed by atoms with Crippen LogP contribution in [0.15, 0.2) is 54.7 Å². The van der Waals surface area contributed by atoms with E-state index in [9.17, 15) is 50.6 Å². The molecule has 0 unspecified atom stereocenters. The Morgan fingerprint density at radius 3 is 2.05 bits per heavy atom. The molecule has 80 heavy (non-hydrogen) atoms. The Morgan fingerprint density at radius 2 is 1.50 bits per heavy atom. The average Bonchev–Trinajstić information content (AvgIpc) is 3.92. The molecule has 27 heteroatoms. The number of rotatable bonds is 19. The predicted molar refractivity (Wildman–Crippen MR) is 273 cm³/mol. The van der Waals surface area contributed by atoms with Crippen LogP contribution in [-0.2, 0) is 36.8 Å². The molecule has 0 spiro atoms. The third kappa shape index (κ3) is 13.4. The lowest BCUT2D eigenvalue weighted by Gasteiger charge is -2.42. The first-order chi connectivity index (χ1) is 37.7. The number of carbonyl (C=O) groups excluding carboxylic acids is 4. The number of likely N-dealkylation sites (tertiary alicyclic amines) is 1. The molecule has 1 saturated carbocycles. The van der Waals surface area contributed by atoms with Crippen LogP contribution in [0.25, 0.3) is 10.6 Å². The lowest BCUT2D eigenvalue weighted by molar-refractivity contribution is -0.239. The molecule has 2 aromatic carbocycles. The summed E-state index contributed by atoms with van der Waals surface area (Å²) in [5.74, 6) is 1.43. The normalized spacial score (nSPS) is 19.3. The van der Waals surface area contributed by atoms with Crippen LogP contribution in [0.3, 0.4) is 0 Å². The number of ether oxygens (including phenoxy) is 3. The molecule has 3 saturated heterocycles. The van der Waals surface area contributed by atoms with Gasteiger partial charge in [0.25, 0.3) is 5.91 Å². The molecule has 8 rings (SSSR count). The van der Waals surface area contributed by atoms with Crippen LogP contribution < -0.4 is 26.3 Å². The number of piperazine rings is 1. The number of nitrogens with zero attached hydrogens (tertiary/aromatic N) is 6. The van der Waals surface area contributed by atoms with Crippen LogP contribution in [0.2, 0.25) is 0 Å². The SMILES string of the molecule is CNC(=O)O[C@H](C(=O)NN(Cc1c(F)cc(-c2nnc(C3CC3)s2)cc1F)C[C@H](O)[C@H](Cc1ccc(C#Cc2ccc(N3C[C@H]4C[C@@H]3CN4C3COC3)nc2)cc1)NC(=O)[C@@H](NC(=O)OC)C(C)(C)C(F)(F)F)C(C)(C)C(F)(F)F. The number of anilines is 1. The maximum absolute atomic E-state index is 16.2. The average molecular weight is 1150 g/mol. The van der Waals surface area contributed by atoms with Crippen molar-refractivity contribution in [1.82, 2.24) is 46.5 Å². The van der Waals surface area contributed by atoms with E-state index in [0.717, 1.165) is 89.0 Å². The van der Waals surface area contributed by atoms with Crippen LogP contribution in [0.4, 0.5) is 50.5 Å². The Bertz CT molecular complexity index is 2940. The van der Waals surface area contributed by atoms with Gasteiger partial charge in [-0.15, -0.1) is 10.2 Å². The number of amides is 4. The number of fused-ring (bicyclic) bond motifs is 2. The second-order valence-electron chi connectivity index (χ2n) is 21.4. The molecule has 5 N–H and O–H groups in total. The zero-order valence-corrected chi connectivity index (χ0v) is 45.1. The van der Waals surface area contributed by atoms with Gasteiger partial charge < -0.3 is 40.2 Å². The molecule has 2 bridgehead atoms. The summed E-state index contributed by atoms with van der Waals surface area (Å²) in [5, 5.41) is 27.9. The Morgan fingerprint density at radius 1 is 0.850 bits per heavy atom. The number of alkyl halides is 6. The number of nitrogens with one attached hydrogen (secondary N) is 4. The quantitative estimate of drug-likeness (QED) is 0.0393. The van der Waals surface area contributed by atoms with Crippen molar-refractivity contribution in [2.75, 3.05) is 51.9 Å². The molecule has 5 heterocycles. The van der Waals surface area contributed by atoms with Crippen molar-refractivity contribution in [3.8, 4) is 22.4 Å². The van der Waals surface area contributed by atoms with Crippen LogP contribution in [0.1, 0.15) is 80.1 Å². The first-order valence-corrected chi connectivity index (χ1v) is 26.4. The summed E-state index contributed by atoms with van der Waals surface area (Å²) in [4.78, 5) is 62.5. The summed E-state index contributed by atoms with van der Waals surface area (Å²) >= 11 is 1.12.